The second kappa shape index (κ2) is 9.17. The molecule has 29 heavy (non-hydrogen) atoms. The SMILES string of the molecule is CCn1c(=O)/c(=C2\Sc3ccccc3N2C)s/c1=C\c1cccc[n+]1CCO.[Cl-]. The Hall–Kier alpha value is -2.06. The fourth-order valence-electron chi connectivity index (χ4n) is 3.33. The van der Waals surface area contributed by atoms with Crippen molar-refractivity contribution in [1.29, 1.82) is 0 Å². The van der Waals surface area contributed by atoms with E-state index in [4.69, 9.17) is 0 Å². The van der Waals surface area contributed by atoms with Crippen LogP contribution in [0.4, 0.5) is 5.69 Å². The van der Waals surface area contributed by atoms with Gasteiger partial charge in [0, 0.05) is 36.7 Å². The molecule has 0 saturated carbocycles. The fraction of sp³-hybridized carbons (Fsp3) is 0.238. The molecule has 0 bridgehead atoms. The molecule has 0 unspecified atom stereocenters. The summed E-state index contributed by atoms with van der Waals surface area (Å²) in [6.45, 7) is 3.20. The molecule has 1 aliphatic heterocycles. The Morgan fingerprint density at radius 3 is 2.66 bits per heavy atom. The minimum absolute atomic E-state index is 0. The Kier molecular flexibility index (Phi) is 6.85. The molecule has 5 nitrogen and oxygen atoms in total. The average molecular weight is 448 g/mol. The number of hydrogen-bond donors (Lipinski definition) is 1. The standard InChI is InChI=1S/C21H22N3O2S2.ClH/c1-3-24-18(14-15-8-6-7-11-23(15)12-13-25)28-19(20(24)26)21-22(2)16-9-4-5-10-17(16)27-21;/h4-11,14,25H,3,12-13H2,1-2H3;1H/q+1;/p-1/b21-19+;. The number of hydrogen-bond acceptors (Lipinski definition) is 5. The van der Waals surface area contributed by atoms with Crippen molar-refractivity contribution in [3.05, 3.63) is 73.9 Å². The molecule has 0 radical (unpaired) electrons. The first-order chi connectivity index (χ1) is 13.6. The van der Waals surface area contributed by atoms with E-state index in [0.717, 1.165) is 25.6 Å². The normalized spacial score (nSPS) is 15.4. The van der Waals surface area contributed by atoms with E-state index in [9.17, 15) is 9.90 Å². The van der Waals surface area contributed by atoms with Gasteiger partial charge in [0.25, 0.3) is 5.56 Å². The second-order valence-electron chi connectivity index (χ2n) is 6.44. The molecule has 1 aliphatic rings. The highest BCUT2D eigenvalue weighted by Gasteiger charge is 2.24. The van der Waals surface area contributed by atoms with Gasteiger partial charge in [-0.3, -0.25) is 9.36 Å². The Morgan fingerprint density at radius 2 is 1.93 bits per heavy atom. The monoisotopic (exact) mass is 447 g/mol. The number of thiazole rings is 1. The highest BCUT2D eigenvalue weighted by Crippen LogP contribution is 2.44. The van der Waals surface area contributed by atoms with Crippen LogP contribution in [0.2, 0.25) is 0 Å². The summed E-state index contributed by atoms with van der Waals surface area (Å²) in [4.78, 5) is 16.4. The lowest BCUT2D eigenvalue weighted by Gasteiger charge is -2.11. The number of nitrogens with zero attached hydrogens (tertiary/aromatic N) is 3. The van der Waals surface area contributed by atoms with Gasteiger partial charge in [0.15, 0.2) is 12.7 Å². The number of aliphatic hydroxyl groups is 1. The maximum Gasteiger partial charge on any atom is 0.271 e. The Labute approximate surface area is 183 Å². The molecule has 3 heterocycles. The molecular formula is C21H22ClN3O2S2. The van der Waals surface area contributed by atoms with E-state index in [1.54, 1.807) is 11.8 Å². The number of fused-ring (bicyclic) bond motifs is 1. The lowest BCUT2D eigenvalue weighted by atomic mass is 10.3. The van der Waals surface area contributed by atoms with E-state index in [1.165, 1.54) is 16.2 Å². The number of rotatable bonds is 4. The van der Waals surface area contributed by atoms with Crippen LogP contribution in [-0.2, 0) is 13.1 Å². The number of benzene rings is 1. The Balaban J connectivity index is 0.00000240. The molecular weight excluding hydrogens is 426 g/mol. The van der Waals surface area contributed by atoms with Crippen LogP contribution in [-0.4, -0.2) is 23.3 Å². The van der Waals surface area contributed by atoms with Crippen molar-refractivity contribution in [2.75, 3.05) is 18.6 Å². The van der Waals surface area contributed by atoms with Crippen molar-refractivity contribution < 1.29 is 22.1 Å². The van der Waals surface area contributed by atoms with Crippen LogP contribution in [0, 0.1) is 0 Å². The van der Waals surface area contributed by atoms with E-state index in [-0.39, 0.29) is 24.6 Å². The van der Waals surface area contributed by atoms with E-state index in [1.807, 2.05) is 65.7 Å². The minimum Gasteiger partial charge on any atom is -1.00 e. The predicted molar refractivity (Wildman–Crippen MR) is 115 cm³/mol. The largest absolute Gasteiger partial charge is 1.00 e. The predicted octanol–water partition coefficient (Wildman–Crippen LogP) is -1.65. The van der Waals surface area contributed by atoms with Crippen LogP contribution >= 0.6 is 23.1 Å². The summed E-state index contributed by atoms with van der Waals surface area (Å²) < 4.78 is 5.49. The van der Waals surface area contributed by atoms with Crippen molar-refractivity contribution >= 4 is 39.9 Å². The van der Waals surface area contributed by atoms with Crippen molar-refractivity contribution in [3.63, 3.8) is 0 Å². The van der Waals surface area contributed by atoms with Gasteiger partial charge in [0.05, 0.1) is 5.69 Å². The van der Waals surface area contributed by atoms with Gasteiger partial charge in [-0.1, -0.05) is 23.9 Å². The van der Waals surface area contributed by atoms with Gasteiger partial charge >= 0.3 is 0 Å². The van der Waals surface area contributed by atoms with Gasteiger partial charge in [0.1, 0.15) is 20.8 Å². The maximum absolute atomic E-state index is 13.2. The topological polar surface area (TPSA) is 49.4 Å². The third-order valence-electron chi connectivity index (χ3n) is 4.75. The summed E-state index contributed by atoms with van der Waals surface area (Å²) in [5.74, 6) is 0. The average Bonchev–Trinajstić information content (AvgIpc) is 3.20. The lowest BCUT2D eigenvalue weighted by Crippen LogP contribution is -3.00. The van der Waals surface area contributed by atoms with Crippen molar-refractivity contribution in [3.8, 4) is 0 Å². The molecule has 2 aromatic heterocycles. The number of aliphatic hydroxyl groups excluding tert-OH is 1. The molecule has 1 aromatic carbocycles. The van der Waals surface area contributed by atoms with Gasteiger partial charge in [-0.15, -0.1) is 11.3 Å². The first-order valence-electron chi connectivity index (χ1n) is 9.19. The van der Waals surface area contributed by atoms with Gasteiger partial charge in [-0.2, -0.15) is 4.57 Å². The summed E-state index contributed by atoms with van der Waals surface area (Å²) >= 11 is 3.17. The first kappa shape index (κ1) is 21.6. The van der Waals surface area contributed by atoms with E-state index in [2.05, 4.69) is 17.0 Å². The lowest BCUT2D eigenvalue weighted by molar-refractivity contribution is -0.699. The highest BCUT2D eigenvalue weighted by atomic mass is 35.5. The van der Waals surface area contributed by atoms with Gasteiger partial charge < -0.3 is 22.4 Å². The summed E-state index contributed by atoms with van der Waals surface area (Å²) in [6, 6.07) is 14.1. The second-order valence-corrected chi connectivity index (χ2v) is 8.50. The van der Waals surface area contributed by atoms with Crippen molar-refractivity contribution in [1.82, 2.24) is 4.57 Å². The molecule has 3 aromatic rings. The number of anilines is 1. The number of halogens is 1. The quantitative estimate of drug-likeness (QED) is 0.487. The van der Waals surface area contributed by atoms with E-state index in [0.29, 0.717) is 13.1 Å². The molecule has 0 aliphatic carbocycles. The molecule has 4 rings (SSSR count). The molecule has 0 fully saturated rings. The molecule has 0 saturated heterocycles. The van der Waals surface area contributed by atoms with E-state index < -0.39 is 0 Å². The zero-order valence-electron chi connectivity index (χ0n) is 16.2. The minimum atomic E-state index is 0. The van der Waals surface area contributed by atoms with Gasteiger partial charge in [0.2, 0.25) is 5.69 Å². The van der Waals surface area contributed by atoms with Crippen molar-refractivity contribution in [2.24, 2.45) is 0 Å². The molecule has 152 valence electrons. The van der Waals surface area contributed by atoms with Gasteiger partial charge in [-0.05, 0) is 25.1 Å². The summed E-state index contributed by atoms with van der Waals surface area (Å²) in [5.41, 5.74) is 2.14. The number of pyridine rings is 1. The third-order valence-corrected chi connectivity index (χ3v) is 7.23. The van der Waals surface area contributed by atoms with Crippen LogP contribution in [0.5, 0.6) is 0 Å². The summed E-state index contributed by atoms with van der Waals surface area (Å²) in [7, 11) is 2.01. The van der Waals surface area contributed by atoms with Crippen LogP contribution < -0.4 is 36.6 Å². The molecule has 8 heteroatoms. The zero-order valence-corrected chi connectivity index (χ0v) is 18.6. The number of para-hydroxylation sites is 1. The Morgan fingerprint density at radius 1 is 1.17 bits per heavy atom. The molecule has 0 spiro atoms. The molecule has 0 atom stereocenters. The zero-order chi connectivity index (χ0) is 19.7. The van der Waals surface area contributed by atoms with E-state index >= 15 is 0 Å². The smallest absolute Gasteiger partial charge is 0.271 e. The fourth-order valence-corrected chi connectivity index (χ4v) is 5.79. The van der Waals surface area contributed by atoms with Crippen LogP contribution in [0.15, 0.2) is 58.4 Å². The highest BCUT2D eigenvalue weighted by molar-refractivity contribution is 8.08. The first-order valence-corrected chi connectivity index (χ1v) is 10.8. The summed E-state index contributed by atoms with van der Waals surface area (Å²) in [6.07, 6.45) is 3.97. The van der Waals surface area contributed by atoms with Crippen LogP contribution in [0.3, 0.4) is 0 Å². The molecule has 0 amide bonds. The number of aromatic nitrogens is 2. The third kappa shape index (κ3) is 4.00. The van der Waals surface area contributed by atoms with Crippen LogP contribution in [0.25, 0.3) is 11.1 Å². The Bertz CT molecular complexity index is 1200. The van der Waals surface area contributed by atoms with Crippen molar-refractivity contribution in [2.45, 2.75) is 24.9 Å². The summed E-state index contributed by atoms with van der Waals surface area (Å²) in [5, 5.41) is 10.3. The maximum atomic E-state index is 13.2. The van der Waals surface area contributed by atoms with Gasteiger partial charge in [-0.25, -0.2) is 0 Å². The molecule has 1 N–H and O–H groups in total. The number of thioether (sulfide) groups is 1. The van der Waals surface area contributed by atoms with Crippen LogP contribution in [0.1, 0.15) is 12.6 Å².